The van der Waals surface area contributed by atoms with Crippen LogP contribution in [-0.2, 0) is 9.59 Å². The maximum atomic E-state index is 11.2. The van der Waals surface area contributed by atoms with Gasteiger partial charge in [-0.2, -0.15) is 0 Å². The molecule has 2 N–H and O–H groups in total. The summed E-state index contributed by atoms with van der Waals surface area (Å²) < 4.78 is 5.38. The van der Waals surface area contributed by atoms with Gasteiger partial charge >= 0.3 is 6.01 Å². The Bertz CT molecular complexity index is 428. The first kappa shape index (κ1) is 11.5. The van der Waals surface area contributed by atoms with E-state index >= 15 is 0 Å². The van der Waals surface area contributed by atoms with Crippen molar-refractivity contribution in [1.29, 1.82) is 0 Å². The normalized spacial score (nSPS) is 18.1. The molecule has 17 heavy (non-hydrogen) atoms. The average Bonchev–Trinajstić information content (AvgIpc) is 2.76. The van der Waals surface area contributed by atoms with Gasteiger partial charge in [0.05, 0.1) is 6.04 Å². The number of rotatable bonds is 3. The van der Waals surface area contributed by atoms with Gasteiger partial charge in [-0.05, 0) is 14.0 Å². The lowest BCUT2D eigenvalue weighted by atomic mass is 10.3. The molecule has 1 fully saturated rings. The summed E-state index contributed by atoms with van der Waals surface area (Å²) in [6.07, 6.45) is 0. The minimum Gasteiger partial charge on any atom is -0.406 e. The molecule has 2 heterocycles. The molecule has 0 saturated carbocycles. The van der Waals surface area contributed by atoms with Crippen LogP contribution in [0.15, 0.2) is 4.42 Å². The van der Waals surface area contributed by atoms with Crippen LogP contribution in [-0.4, -0.2) is 42.1 Å². The summed E-state index contributed by atoms with van der Waals surface area (Å²) >= 11 is 0. The zero-order chi connectivity index (χ0) is 12.4. The number of piperazine rings is 1. The summed E-state index contributed by atoms with van der Waals surface area (Å²) in [5.74, 6) is -0.328. The molecule has 0 aliphatic carbocycles. The molecule has 8 nitrogen and oxygen atoms in total. The van der Waals surface area contributed by atoms with Crippen LogP contribution < -0.4 is 15.5 Å². The molecule has 1 aromatic heterocycles. The summed E-state index contributed by atoms with van der Waals surface area (Å²) in [5, 5.41) is 12.8. The van der Waals surface area contributed by atoms with Crippen LogP contribution in [0.2, 0.25) is 0 Å². The summed E-state index contributed by atoms with van der Waals surface area (Å²) in [5.41, 5.74) is 0. The van der Waals surface area contributed by atoms with Crippen LogP contribution in [0.1, 0.15) is 18.9 Å². The molecule has 2 rings (SSSR count). The predicted octanol–water partition coefficient (Wildman–Crippen LogP) is -1.19. The third kappa shape index (κ3) is 2.41. The quantitative estimate of drug-likeness (QED) is 0.640. The SMILES string of the molecule is CNC(C)c1nnc(N2CC(=O)NC(=O)C2)o1. The Morgan fingerprint density at radius 3 is 2.59 bits per heavy atom. The van der Waals surface area contributed by atoms with Gasteiger partial charge in [-0.3, -0.25) is 14.9 Å². The molecular weight excluding hydrogens is 226 g/mol. The average molecular weight is 239 g/mol. The van der Waals surface area contributed by atoms with E-state index in [0.717, 1.165) is 0 Å². The van der Waals surface area contributed by atoms with E-state index in [4.69, 9.17) is 4.42 Å². The fraction of sp³-hybridized carbons (Fsp3) is 0.556. The lowest BCUT2D eigenvalue weighted by Crippen LogP contribution is -2.51. The number of imide groups is 1. The van der Waals surface area contributed by atoms with Gasteiger partial charge in [0.25, 0.3) is 0 Å². The second kappa shape index (κ2) is 4.50. The van der Waals surface area contributed by atoms with Gasteiger partial charge in [-0.1, -0.05) is 5.10 Å². The number of hydrogen-bond donors (Lipinski definition) is 2. The first-order valence-electron chi connectivity index (χ1n) is 5.18. The van der Waals surface area contributed by atoms with E-state index in [2.05, 4.69) is 20.8 Å². The Morgan fingerprint density at radius 1 is 1.35 bits per heavy atom. The Morgan fingerprint density at radius 2 is 2.00 bits per heavy atom. The second-order valence-corrected chi connectivity index (χ2v) is 3.76. The van der Waals surface area contributed by atoms with Gasteiger partial charge in [0.15, 0.2) is 0 Å². The highest BCUT2D eigenvalue weighted by Gasteiger charge is 2.26. The zero-order valence-corrected chi connectivity index (χ0v) is 9.56. The lowest BCUT2D eigenvalue weighted by Gasteiger charge is -2.22. The first-order chi connectivity index (χ1) is 8.10. The van der Waals surface area contributed by atoms with Gasteiger partial charge in [0, 0.05) is 0 Å². The van der Waals surface area contributed by atoms with Crippen molar-refractivity contribution >= 4 is 17.8 Å². The Labute approximate surface area is 97.4 Å². The van der Waals surface area contributed by atoms with E-state index in [1.54, 1.807) is 7.05 Å². The number of hydrogen-bond acceptors (Lipinski definition) is 7. The summed E-state index contributed by atoms with van der Waals surface area (Å²) in [6.45, 7) is 1.95. The van der Waals surface area contributed by atoms with Crippen molar-refractivity contribution in [3.8, 4) is 0 Å². The molecule has 0 radical (unpaired) electrons. The minimum atomic E-state index is -0.373. The van der Waals surface area contributed by atoms with Crippen molar-refractivity contribution < 1.29 is 14.0 Å². The molecule has 92 valence electrons. The summed E-state index contributed by atoms with van der Waals surface area (Å²) in [7, 11) is 1.77. The van der Waals surface area contributed by atoms with Crippen molar-refractivity contribution in [3.63, 3.8) is 0 Å². The van der Waals surface area contributed by atoms with Gasteiger partial charge in [0.1, 0.15) is 13.1 Å². The monoisotopic (exact) mass is 239 g/mol. The molecule has 8 heteroatoms. The smallest absolute Gasteiger partial charge is 0.319 e. The number of aromatic nitrogens is 2. The summed E-state index contributed by atoms with van der Waals surface area (Å²) in [4.78, 5) is 23.8. The number of carbonyl (C=O) groups excluding carboxylic acids is 2. The van der Waals surface area contributed by atoms with Crippen LogP contribution in [0.5, 0.6) is 0 Å². The molecule has 1 atom stereocenters. The van der Waals surface area contributed by atoms with Crippen LogP contribution >= 0.6 is 0 Å². The third-order valence-electron chi connectivity index (χ3n) is 2.45. The number of nitrogens with zero attached hydrogens (tertiary/aromatic N) is 3. The van der Waals surface area contributed by atoms with E-state index in [-0.39, 0.29) is 37.0 Å². The highest BCUT2D eigenvalue weighted by molar-refractivity contribution is 6.02. The third-order valence-corrected chi connectivity index (χ3v) is 2.45. The minimum absolute atomic E-state index is 0.0430. The number of carbonyl (C=O) groups is 2. The van der Waals surface area contributed by atoms with Crippen molar-refractivity contribution in [3.05, 3.63) is 5.89 Å². The maximum absolute atomic E-state index is 11.2. The molecule has 0 spiro atoms. The molecular formula is C9H13N5O3. The van der Waals surface area contributed by atoms with Gasteiger partial charge in [-0.25, -0.2) is 0 Å². The van der Waals surface area contributed by atoms with Crippen molar-refractivity contribution in [1.82, 2.24) is 20.8 Å². The van der Waals surface area contributed by atoms with Gasteiger partial charge < -0.3 is 14.6 Å². The van der Waals surface area contributed by atoms with Crippen LogP contribution in [0.25, 0.3) is 0 Å². The van der Waals surface area contributed by atoms with Crippen LogP contribution in [0.4, 0.5) is 6.01 Å². The van der Waals surface area contributed by atoms with Crippen molar-refractivity contribution in [2.24, 2.45) is 0 Å². The van der Waals surface area contributed by atoms with Gasteiger partial charge in [-0.15, -0.1) is 5.10 Å². The van der Waals surface area contributed by atoms with Crippen LogP contribution in [0, 0.1) is 0 Å². The predicted molar refractivity (Wildman–Crippen MR) is 57.1 cm³/mol. The van der Waals surface area contributed by atoms with Crippen molar-refractivity contribution in [2.45, 2.75) is 13.0 Å². The van der Waals surface area contributed by atoms with E-state index < -0.39 is 0 Å². The Hall–Kier alpha value is -1.96. The second-order valence-electron chi connectivity index (χ2n) is 3.76. The molecule has 1 aliphatic heterocycles. The van der Waals surface area contributed by atoms with Crippen LogP contribution in [0.3, 0.4) is 0 Å². The number of nitrogens with one attached hydrogen (secondary N) is 2. The molecule has 0 bridgehead atoms. The largest absolute Gasteiger partial charge is 0.406 e. The molecule has 2 amide bonds. The molecule has 0 aromatic carbocycles. The molecule has 1 aromatic rings. The number of anilines is 1. The number of amides is 2. The fourth-order valence-electron chi connectivity index (χ4n) is 1.43. The highest BCUT2D eigenvalue weighted by atomic mass is 16.4. The highest BCUT2D eigenvalue weighted by Crippen LogP contribution is 2.17. The van der Waals surface area contributed by atoms with E-state index in [9.17, 15) is 9.59 Å². The van der Waals surface area contributed by atoms with Crippen molar-refractivity contribution in [2.75, 3.05) is 25.0 Å². The molecule has 1 aliphatic rings. The maximum Gasteiger partial charge on any atom is 0.319 e. The lowest BCUT2D eigenvalue weighted by molar-refractivity contribution is -0.130. The first-order valence-corrected chi connectivity index (χ1v) is 5.18. The summed E-state index contributed by atoms with van der Waals surface area (Å²) in [6, 6.07) is 0.107. The van der Waals surface area contributed by atoms with E-state index in [1.165, 1.54) is 4.90 Å². The van der Waals surface area contributed by atoms with E-state index in [1.807, 2.05) is 6.92 Å². The Balaban J connectivity index is 2.14. The Kier molecular flexibility index (Phi) is 3.05. The standard InChI is InChI=1S/C9H13N5O3/c1-5(10-2)8-12-13-9(17-8)14-3-6(15)11-7(16)4-14/h5,10H,3-4H2,1-2H3,(H,11,15,16). The van der Waals surface area contributed by atoms with E-state index in [0.29, 0.717) is 5.89 Å². The topological polar surface area (TPSA) is 100 Å². The molecule has 1 unspecified atom stereocenters. The molecule has 1 saturated heterocycles. The zero-order valence-electron chi connectivity index (χ0n) is 9.56. The van der Waals surface area contributed by atoms with Gasteiger partial charge in [0.2, 0.25) is 17.7 Å². The fourth-order valence-corrected chi connectivity index (χ4v) is 1.43.